The number of hydrogen-bond donors (Lipinski definition) is 0. The monoisotopic (exact) mass is 333 g/mol. The Balaban J connectivity index is 1.55. The van der Waals surface area contributed by atoms with Crippen LogP contribution >= 0.6 is 11.8 Å². The second kappa shape index (κ2) is 7.17. The number of thioether (sulfide) groups is 1. The van der Waals surface area contributed by atoms with E-state index in [1.165, 1.54) is 29.5 Å². The molecule has 4 nitrogen and oxygen atoms in total. The van der Waals surface area contributed by atoms with Gasteiger partial charge < -0.3 is 4.90 Å². The van der Waals surface area contributed by atoms with E-state index in [1.54, 1.807) is 16.8 Å². The quantitative estimate of drug-likeness (QED) is 0.807. The van der Waals surface area contributed by atoms with Gasteiger partial charge in [-0.2, -0.15) is 5.10 Å². The molecule has 1 fully saturated rings. The average Bonchev–Trinajstić information content (AvgIpc) is 3.01. The predicted molar refractivity (Wildman–Crippen MR) is 88.9 cm³/mol. The van der Waals surface area contributed by atoms with Crippen LogP contribution in [0.3, 0.4) is 0 Å². The third-order valence-electron chi connectivity index (χ3n) is 4.15. The van der Waals surface area contributed by atoms with Crippen LogP contribution in [0.1, 0.15) is 24.3 Å². The summed E-state index contributed by atoms with van der Waals surface area (Å²) in [6, 6.07) is 6.27. The Morgan fingerprint density at radius 2 is 2.17 bits per heavy atom. The molecule has 0 saturated carbocycles. The summed E-state index contributed by atoms with van der Waals surface area (Å²) in [6.07, 6.45) is 6.05. The van der Waals surface area contributed by atoms with Crippen LogP contribution in [0.5, 0.6) is 0 Å². The van der Waals surface area contributed by atoms with Crippen molar-refractivity contribution >= 4 is 17.7 Å². The molecule has 2 heterocycles. The van der Waals surface area contributed by atoms with Gasteiger partial charge in [-0.05, 0) is 42.7 Å². The van der Waals surface area contributed by atoms with E-state index in [0.717, 1.165) is 30.8 Å². The van der Waals surface area contributed by atoms with Crippen molar-refractivity contribution in [2.24, 2.45) is 7.05 Å². The molecule has 1 aromatic carbocycles. The number of halogens is 1. The smallest absolute Gasteiger partial charge is 0.232 e. The molecule has 23 heavy (non-hydrogen) atoms. The van der Waals surface area contributed by atoms with Crippen molar-refractivity contribution in [3.8, 4) is 0 Å². The van der Waals surface area contributed by atoms with Crippen LogP contribution in [0.2, 0.25) is 0 Å². The van der Waals surface area contributed by atoms with Gasteiger partial charge in [-0.3, -0.25) is 9.48 Å². The van der Waals surface area contributed by atoms with Gasteiger partial charge in [0.15, 0.2) is 0 Å². The molecule has 122 valence electrons. The maximum Gasteiger partial charge on any atom is 0.232 e. The van der Waals surface area contributed by atoms with E-state index in [1.807, 2.05) is 24.3 Å². The number of hydrogen-bond acceptors (Lipinski definition) is 3. The van der Waals surface area contributed by atoms with Crippen molar-refractivity contribution in [3.05, 3.63) is 48.0 Å². The molecule has 1 aliphatic rings. The zero-order valence-electron chi connectivity index (χ0n) is 13.1. The Labute approximate surface area is 139 Å². The number of amides is 1. The van der Waals surface area contributed by atoms with Gasteiger partial charge in [-0.25, -0.2) is 4.39 Å². The van der Waals surface area contributed by atoms with E-state index in [0.29, 0.717) is 11.7 Å². The molecule has 0 aliphatic carbocycles. The first-order valence-electron chi connectivity index (χ1n) is 7.76. The number of carbonyl (C=O) groups excluding carboxylic acids is 1. The minimum Gasteiger partial charge on any atom is -0.341 e. The minimum absolute atomic E-state index is 0.146. The summed E-state index contributed by atoms with van der Waals surface area (Å²) >= 11 is 1.46. The van der Waals surface area contributed by atoms with Gasteiger partial charge in [0.25, 0.3) is 0 Å². The highest BCUT2D eigenvalue weighted by atomic mass is 32.2. The van der Waals surface area contributed by atoms with E-state index >= 15 is 0 Å². The molecular formula is C17H20FN3OS. The van der Waals surface area contributed by atoms with Gasteiger partial charge in [-0.15, -0.1) is 11.8 Å². The summed E-state index contributed by atoms with van der Waals surface area (Å²) in [5, 5.41) is 4.22. The van der Waals surface area contributed by atoms with Crippen molar-refractivity contribution < 1.29 is 9.18 Å². The van der Waals surface area contributed by atoms with Crippen LogP contribution in [-0.2, 0) is 11.8 Å². The summed E-state index contributed by atoms with van der Waals surface area (Å²) < 4.78 is 14.7. The van der Waals surface area contributed by atoms with Crippen molar-refractivity contribution in [3.63, 3.8) is 0 Å². The van der Waals surface area contributed by atoms with Crippen LogP contribution in [-0.4, -0.2) is 39.4 Å². The molecule has 1 aromatic heterocycles. The lowest BCUT2D eigenvalue weighted by Crippen LogP contribution is -2.40. The lowest BCUT2D eigenvalue weighted by molar-refractivity contribution is -0.129. The normalized spacial score (nSPS) is 18.2. The van der Waals surface area contributed by atoms with Gasteiger partial charge in [0.2, 0.25) is 5.91 Å². The SMILES string of the molecule is Cn1cc(C2CCCN(C(=O)CSc3ccc(F)cc3)C2)cn1. The molecule has 0 bridgehead atoms. The van der Waals surface area contributed by atoms with Gasteiger partial charge in [-0.1, -0.05) is 0 Å². The first-order chi connectivity index (χ1) is 11.1. The third-order valence-corrected chi connectivity index (χ3v) is 5.14. The number of carbonyl (C=O) groups is 1. The standard InChI is InChI=1S/C17H20FN3OS/c1-20-10-14(9-19-20)13-3-2-8-21(11-13)17(22)12-23-16-6-4-15(18)5-7-16/h4-7,9-10,13H,2-3,8,11-12H2,1H3. The number of nitrogens with zero attached hydrogens (tertiary/aromatic N) is 3. The number of benzene rings is 1. The van der Waals surface area contributed by atoms with Crippen molar-refractivity contribution in [2.45, 2.75) is 23.7 Å². The summed E-state index contributed by atoms with van der Waals surface area (Å²) in [6.45, 7) is 1.58. The average molecular weight is 333 g/mol. The minimum atomic E-state index is -0.254. The van der Waals surface area contributed by atoms with Gasteiger partial charge >= 0.3 is 0 Å². The van der Waals surface area contributed by atoms with Crippen molar-refractivity contribution in [1.82, 2.24) is 14.7 Å². The van der Waals surface area contributed by atoms with E-state index < -0.39 is 0 Å². The molecule has 0 spiro atoms. The summed E-state index contributed by atoms with van der Waals surface area (Å²) in [5.41, 5.74) is 1.20. The molecule has 0 N–H and O–H groups in total. The van der Waals surface area contributed by atoms with Crippen molar-refractivity contribution in [2.75, 3.05) is 18.8 Å². The van der Waals surface area contributed by atoms with E-state index in [9.17, 15) is 9.18 Å². The van der Waals surface area contributed by atoms with Crippen molar-refractivity contribution in [1.29, 1.82) is 0 Å². The number of piperidine rings is 1. The largest absolute Gasteiger partial charge is 0.341 e. The fourth-order valence-electron chi connectivity index (χ4n) is 2.89. The molecule has 6 heteroatoms. The molecule has 3 rings (SSSR count). The number of likely N-dealkylation sites (tertiary alicyclic amines) is 1. The molecule has 1 saturated heterocycles. The Bertz CT molecular complexity index is 671. The van der Waals surface area contributed by atoms with Gasteiger partial charge in [0.1, 0.15) is 5.82 Å². The highest BCUT2D eigenvalue weighted by Gasteiger charge is 2.25. The molecule has 1 atom stereocenters. The maximum absolute atomic E-state index is 12.9. The Hall–Kier alpha value is -1.82. The number of aromatic nitrogens is 2. The molecule has 1 aliphatic heterocycles. The van der Waals surface area contributed by atoms with Crippen LogP contribution in [0, 0.1) is 5.82 Å². The fraction of sp³-hybridized carbons (Fsp3) is 0.412. The zero-order valence-corrected chi connectivity index (χ0v) is 13.9. The van der Waals surface area contributed by atoms with Gasteiger partial charge in [0, 0.05) is 37.1 Å². The third kappa shape index (κ3) is 4.13. The predicted octanol–water partition coefficient (Wildman–Crippen LogP) is 3.06. The maximum atomic E-state index is 12.9. The Morgan fingerprint density at radius 3 is 2.87 bits per heavy atom. The second-order valence-corrected chi connectivity index (χ2v) is 6.92. The molecule has 1 unspecified atom stereocenters. The Kier molecular flexibility index (Phi) is 5.00. The molecule has 0 radical (unpaired) electrons. The number of rotatable bonds is 4. The van der Waals surface area contributed by atoms with E-state index in [4.69, 9.17) is 0 Å². The van der Waals surface area contributed by atoms with E-state index in [2.05, 4.69) is 5.10 Å². The topological polar surface area (TPSA) is 38.1 Å². The van der Waals surface area contributed by atoms with Crippen LogP contribution < -0.4 is 0 Å². The lowest BCUT2D eigenvalue weighted by atomic mass is 9.93. The molecule has 1 amide bonds. The fourth-order valence-corrected chi connectivity index (χ4v) is 3.70. The van der Waals surface area contributed by atoms with Crippen LogP contribution in [0.25, 0.3) is 0 Å². The summed E-state index contributed by atoms with van der Waals surface area (Å²) in [7, 11) is 1.91. The van der Waals surface area contributed by atoms with Crippen LogP contribution in [0.15, 0.2) is 41.6 Å². The number of aryl methyl sites for hydroxylation is 1. The second-order valence-electron chi connectivity index (χ2n) is 5.87. The first-order valence-corrected chi connectivity index (χ1v) is 8.75. The summed E-state index contributed by atoms with van der Waals surface area (Å²) in [4.78, 5) is 15.3. The Morgan fingerprint density at radius 1 is 1.39 bits per heavy atom. The molecule has 2 aromatic rings. The first kappa shape index (κ1) is 16.1. The highest BCUT2D eigenvalue weighted by molar-refractivity contribution is 8.00. The highest BCUT2D eigenvalue weighted by Crippen LogP contribution is 2.27. The van der Waals surface area contributed by atoms with Crippen LogP contribution in [0.4, 0.5) is 4.39 Å². The zero-order chi connectivity index (χ0) is 16.2. The van der Waals surface area contributed by atoms with Gasteiger partial charge in [0.05, 0.1) is 11.9 Å². The molecular weight excluding hydrogens is 313 g/mol. The van der Waals surface area contributed by atoms with E-state index in [-0.39, 0.29) is 11.7 Å². The lowest BCUT2D eigenvalue weighted by Gasteiger charge is -2.32. The summed E-state index contributed by atoms with van der Waals surface area (Å²) in [5.74, 6) is 0.659.